The minimum atomic E-state index is -0.186. The first kappa shape index (κ1) is 17.6. The van der Waals surface area contributed by atoms with Crippen LogP contribution >= 0.6 is 11.3 Å². The number of nitrogens with zero attached hydrogens (tertiary/aromatic N) is 3. The third kappa shape index (κ3) is 4.45. The van der Waals surface area contributed by atoms with Gasteiger partial charge in [0.15, 0.2) is 5.82 Å². The molecule has 1 aliphatic heterocycles. The van der Waals surface area contributed by atoms with Gasteiger partial charge in [0.25, 0.3) is 0 Å². The lowest BCUT2D eigenvalue weighted by Gasteiger charge is -2.34. The summed E-state index contributed by atoms with van der Waals surface area (Å²) in [5.41, 5.74) is 0. The normalized spacial score (nSPS) is 18.0. The van der Waals surface area contributed by atoms with Gasteiger partial charge in [-0.25, -0.2) is 0 Å². The van der Waals surface area contributed by atoms with Gasteiger partial charge in [0.1, 0.15) is 0 Å². The number of nitrogens with one attached hydrogen (secondary N) is 1. The van der Waals surface area contributed by atoms with E-state index >= 15 is 0 Å². The van der Waals surface area contributed by atoms with Crippen LogP contribution in [-0.4, -0.2) is 39.4 Å². The van der Waals surface area contributed by atoms with Crippen LogP contribution in [0.5, 0.6) is 0 Å². The number of rotatable bonds is 6. The fraction of sp³-hybridized carbons (Fsp3) is 0.529. The minimum Gasteiger partial charge on any atom is -0.347 e. The Balaban J connectivity index is 1.50. The molecule has 0 unspecified atom stereocenters. The number of likely N-dealkylation sites (tertiary alicyclic amines) is 1. The van der Waals surface area contributed by atoms with Crippen molar-refractivity contribution in [2.75, 3.05) is 6.54 Å². The van der Waals surface area contributed by atoms with E-state index in [1.165, 1.54) is 0 Å². The van der Waals surface area contributed by atoms with Crippen molar-refractivity contribution in [2.24, 2.45) is 5.92 Å². The van der Waals surface area contributed by atoms with Crippen LogP contribution in [0, 0.1) is 5.92 Å². The van der Waals surface area contributed by atoms with Crippen molar-refractivity contribution in [3.05, 3.63) is 34.1 Å². The van der Waals surface area contributed by atoms with Gasteiger partial charge < -0.3 is 14.7 Å². The molecule has 0 saturated carbocycles. The second kappa shape index (κ2) is 7.77. The lowest BCUT2D eigenvalue weighted by molar-refractivity contribution is -0.140. The number of carbonyl (C=O) groups excluding carboxylic acids is 2. The molecule has 2 aromatic heterocycles. The Labute approximate surface area is 150 Å². The maximum atomic E-state index is 12.4. The maximum absolute atomic E-state index is 12.4. The zero-order valence-electron chi connectivity index (χ0n) is 14.4. The van der Waals surface area contributed by atoms with Gasteiger partial charge >= 0.3 is 0 Å². The van der Waals surface area contributed by atoms with Crippen molar-refractivity contribution >= 4 is 23.2 Å². The minimum absolute atomic E-state index is 0.0730. The van der Waals surface area contributed by atoms with Gasteiger partial charge in [0.2, 0.25) is 17.7 Å². The molecule has 0 aromatic carbocycles. The summed E-state index contributed by atoms with van der Waals surface area (Å²) >= 11 is 1.64. The molecule has 2 amide bonds. The Morgan fingerprint density at radius 3 is 3.08 bits per heavy atom. The zero-order valence-corrected chi connectivity index (χ0v) is 15.2. The molecular formula is C17H22N4O3S. The summed E-state index contributed by atoms with van der Waals surface area (Å²) in [5.74, 6) is 0.868. The molecule has 2 aromatic rings. The molecule has 0 spiro atoms. The molecule has 1 aliphatic rings. The van der Waals surface area contributed by atoms with E-state index in [0.717, 1.165) is 4.88 Å². The predicted molar refractivity (Wildman–Crippen MR) is 92.8 cm³/mol. The van der Waals surface area contributed by atoms with Crippen molar-refractivity contribution in [3.63, 3.8) is 0 Å². The van der Waals surface area contributed by atoms with Crippen LogP contribution in [0.25, 0.3) is 0 Å². The van der Waals surface area contributed by atoms with Crippen molar-refractivity contribution in [1.29, 1.82) is 0 Å². The van der Waals surface area contributed by atoms with E-state index in [9.17, 15) is 9.59 Å². The standard InChI is InChI=1S/C17H22N4O3S/c1-11(2)21-10-12(5-6-16(21)22)17(23)18-9-15-19-14(20-24-15)8-13-4-3-7-25-13/h3-4,7,11-12H,5-6,8-10H2,1-2H3,(H,18,23)/t12-/m1/s1. The van der Waals surface area contributed by atoms with Gasteiger partial charge in [-0.15, -0.1) is 11.3 Å². The monoisotopic (exact) mass is 362 g/mol. The fourth-order valence-electron chi connectivity index (χ4n) is 2.89. The van der Waals surface area contributed by atoms with Gasteiger partial charge in [-0.3, -0.25) is 9.59 Å². The number of thiophene rings is 1. The number of amides is 2. The van der Waals surface area contributed by atoms with Gasteiger partial charge in [-0.05, 0) is 31.7 Å². The molecule has 3 heterocycles. The largest absolute Gasteiger partial charge is 0.347 e. The van der Waals surface area contributed by atoms with Crippen molar-refractivity contribution < 1.29 is 14.1 Å². The van der Waals surface area contributed by atoms with Crippen LogP contribution in [0.2, 0.25) is 0 Å². The molecule has 25 heavy (non-hydrogen) atoms. The summed E-state index contributed by atoms with van der Waals surface area (Å²) in [5, 5.41) is 8.79. The van der Waals surface area contributed by atoms with Gasteiger partial charge in [-0.1, -0.05) is 11.2 Å². The second-order valence-corrected chi connectivity index (χ2v) is 7.49. The highest BCUT2D eigenvalue weighted by atomic mass is 32.1. The summed E-state index contributed by atoms with van der Waals surface area (Å²) in [6.07, 6.45) is 1.63. The van der Waals surface area contributed by atoms with E-state index in [1.807, 2.05) is 31.4 Å². The Morgan fingerprint density at radius 1 is 1.52 bits per heavy atom. The van der Waals surface area contributed by atoms with Crippen LogP contribution in [-0.2, 0) is 22.6 Å². The molecule has 0 bridgehead atoms. The quantitative estimate of drug-likeness (QED) is 0.849. The summed E-state index contributed by atoms with van der Waals surface area (Å²) in [4.78, 5) is 31.5. The highest BCUT2D eigenvalue weighted by Gasteiger charge is 2.31. The first-order valence-electron chi connectivity index (χ1n) is 8.44. The lowest BCUT2D eigenvalue weighted by Crippen LogP contribution is -2.48. The number of aromatic nitrogens is 2. The van der Waals surface area contributed by atoms with E-state index in [-0.39, 0.29) is 30.3 Å². The molecule has 1 atom stereocenters. The van der Waals surface area contributed by atoms with E-state index in [0.29, 0.717) is 37.5 Å². The molecule has 3 rings (SSSR count). The molecule has 1 N–H and O–H groups in total. The first-order chi connectivity index (χ1) is 12.0. The Hall–Kier alpha value is -2.22. The molecule has 8 heteroatoms. The number of hydrogen-bond donors (Lipinski definition) is 1. The van der Waals surface area contributed by atoms with Crippen molar-refractivity contribution in [1.82, 2.24) is 20.4 Å². The van der Waals surface area contributed by atoms with E-state index < -0.39 is 0 Å². The van der Waals surface area contributed by atoms with Gasteiger partial charge in [0.05, 0.1) is 12.5 Å². The number of piperidine rings is 1. The lowest BCUT2D eigenvalue weighted by atomic mass is 9.95. The van der Waals surface area contributed by atoms with Gasteiger partial charge in [0, 0.05) is 30.3 Å². The molecule has 1 saturated heterocycles. The van der Waals surface area contributed by atoms with E-state index in [2.05, 4.69) is 15.5 Å². The third-order valence-corrected chi connectivity index (χ3v) is 5.15. The third-order valence-electron chi connectivity index (χ3n) is 4.27. The molecular weight excluding hydrogens is 340 g/mol. The summed E-state index contributed by atoms with van der Waals surface area (Å²) in [6, 6.07) is 4.11. The van der Waals surface area contributed by atoms with Crippen LogP contribution < -0.4 is 5.32 Å². The van der Waals surface area contributed by atoms with Crippen molar-refractivity contribution in [3.8, 4) is 0 Å². The maximum Gasteiger partial charge on any atom is 0.246 e. The number of carbonyl (C=O) groups is 2. The molecule has 7 nitrogen and oxygen atoms in total. The fourth-order valence-corrected chi connectivity index (χ4v) is 3.60. The Morgan fingerprint density at radius 2 is 2.36 bits per heavy atom. The molecule has 0 aliphatic carbocycles. The second-order valence-electron chi connectivity index (χ2n) is 6.45. The smallest absolute Gasteiger partial charge is 0.246 e. The summed E-state index contributed by atoms with van der Waals surface area (Å²) in [7, 11) is 0. The zero-order chi connectivity index (χ0) is 17.8. The van der Waals surface area contributed by atoms with Crippen LogP contribution in [0.15, 0.2) is 22.0 Å². The van der Waals surface area contributed by atoms with Gasteiger partial charge in [-0.2, -0.15) is 4.98 Å². The predicted octanol–water partition coefficient (Wildman–Crippen LogP) is 1.99. The Bertz CT molecular complexity index is 726. The summed E-state index contributed by atoms with van der Waals surface area (Å²) in [6.45, 7) is 4.61. The topological polar surface area (TPSA) is 88.3 Å². The first-order valence-corrected chi connectivity index (χ1v) is 9.32. The average molecular weight is 362 g/mol. The SMILES string of the molecule is CC(C)N1C[C@H](C(=O)NCc2nc(Cc3cccs3)no2)CCC1=O. The van der Waals surface area contributed by atoms with Crippen molar-refractivity contribution in [2.45, 2.75) is 45.7 Å². The molecule has 1 fully saturated rings. The molecule has 134 valence electrons. The van der Waals surface area contributed by atoms with Crippen LogP contribution in [0.4, 0.5) is 0 Å². The Kier molecular flexibility index (Phi) is 5.47. The van der Waals surface area contributed by atoms with E-state index in [4.69, 9.17) is 4.52 Å². The van der Waals surface area contributed by atoms with Crippen LogP contribution in [0.1, 0.15) is 43.3 Å². The summed E-state index contributed by atoms with van der Waals surface area (Å²) < 4.78 is 5.19. The molecule has 0 radical (unpaired) electrons. The number of hydrogen-bond acceptors (Lipinski definition) is 6. The van der Waals surface area contributed by atoms with E-state index in [1.54, 1.807) is 16.2 Å². The average Bonchev–Trinajstić information content (AvgIpc) is 3.25. The highest BCUT2D eigenvalue weighted by molar-refractivity contribution is 7.09. The van der Waals surface area contributed by atoms with Crippen LogP contribution in [0.3, 0.4) is 0 Å². The highest BCUT2D eigenvalue weighted by Crippen LogP contribution is 2.20.